The van der Waals surface area contributed by atoms with Crippen LogP contribution in [0.2, 0.25) is 0 Å². The van der Waals surface area contributed by atoms with Gasteiger partial charge in [0.1, 0.15) is 5.54 Å². The second kappa shape index (κ2) is 5.77. The monoisotopic (exact) mass is 271 g/mol. The highest BCUT2D eigenvalue weighted by Gasteiger charge is 2.47. The van der Waals surface area contributed by atoms with Crippen LogP contribution in [-0.4, -0.2) is 50.1 Å². The molecule has 2 fully saturated rings. The summed E-state index contributed by atoms with van der Waals surface area (Å²) < 4.78 is 16.3. The molecule has 2 aliphatic heterocycles. The number of ether oxygens (including phenoxy) is 3. The zero-order valence-electron chi connectivity index (χ0n) is 12.2. The van der Waals surface area contributed by atoms with Gasteiger partial charge in [-0.1, -0.05) is 0 Å². The highest BCUT2D eigenvalue weighted by Crippen LogP contribution is 2.33. The molecule has 19 heavy (non-hydrogen) atoms. The maximum atomic E-state index is 12.2. The number of carbonyl (C=O) groups is 1. The molecule has 0 aromatic carbocycles. The summed E-state index contributed by atoms with van der Waals surface area (Å²) in [4.78, 5) is 12.2. The van der Waals surface area contributed by atoms with Crippen molar-refractivity contribution in [3.8, 4) is 0 Å². The third kappa shape index (κ3) is 3.46. The summed E-state index contributed by atoms with van der Waals surface area (Å²) >= 11 is 0. The van der Waals surface area contributed by atoms with Crippen LogP contribution in [-0.2, 0) is 19.0 Å². The first-order valence-electron chi connectivity index (χ1n) is 7.06. The maximum Gasteiger partial charge on any atom is 0.326 e. The van der Waals surface area contributed by atoms with Gasteiger partial charge in [-0.2, -0.15) is 0 Å². The average molecular weight is 271 g/mol. The molecule has 2 unspecified atom stereocenters. The van der Waals surface area contributed by atoms with Crippen molar-refractivity contribution in [2.75, 3.05) is 26.9 Å². The summed E-state index contributed by atoms with van der Waals surface area (Å²) in [5.74, 6) is -0.193. The predicted octanol–water partition coefficient (Wildman–Crippen LogP) is 1.26. The van der Waals surface area contributed by atoms with Crippen molar-refractivity contribution in [2.45, 2.75) is 56.8 Å². The molecule has 2 atom stereocenters. The molecule has 0 amide bonds. The minimum Gasteiger partial charge on any atom is -0.468 e. The van der Waals surface area contributed by atoms with Gasteiger partial charge in [0.25, 0.3) is 0 Å². The van der Waals surface area contributed by atoms with Gasteiger partial charge in [0, 0.05) is 26.2 Å². The molecule has 0 bridgehead atoms. The highest BCUT2D eigenvalue weighted by atomic mass is 16.5. The van der Waals surface area contributed by atoms with Gasteiger partial charge < -0.3 is 14.2 Å². The maximum absolute atomic E-state index is 12.2. The molecular formula is C14H25NO4. The molecule has 0 aromatic heterocycles. The predicted molar refractivity (Wildman–Crippen MR) is 71.0 cm³/mol. The number of nitrogens with one attached hydrogen (secondary N) is 1. The van der Waals surface area contributed by atoms with E-state index in [0.29, 0.717) is 26.0 Å². The topological polar surface area (TPSA) is 56.8 Å². The largest absolute Gasteiger partial charge is 0.468 e. The van der Waals surface area contributed by atoms with Crippen LogP contribution in [0.3, 0.4) is 0 Å². The Morgan fingerprint density at radius 3 is 2.79 bits per heavy atom. The summed E-state index contributed by atoms with van der Waals surface area (Å²) in [5.41, 5.74) is -0.946. The summed E-state index contributed by atoms with van der Waals surface area (Å²) in [7, 11) is 1.44. The molecule has 1 N–H and O–H groups in total. The van der Waals surface area contributed by atoms with E-state index in [4.69, 9.17) is 14.2 Å². The zero-order chi connectivity index (χ0) is 13.9. The van der Waals surface area contributed by atoms with Gasteiger partial charge in [-0.25, -0.2) is 0 Å². The van der Waals surface area contributed by atoms with Gasteiger partial charge in [0.05, 0.1) is 18.8 Å². The Hall–Kier alpha value is -0.650. The van der Waals surface area contributed by atoms with Crippen LogP contribution in [0.25, 0.3) is 0 Å². The van der Waals surface area contributed by atoms with E-state index in [9.17, 15) is 4.79 Å². The van der Waals surface area contributed by atoms with Crippen LogP contribution in [0.5, 0.6) is 0 Å². The van der Waals surface area contributed by atoms with Crippen LogP contribution in [0, 0.1) is 0 Å². The molecule has 5 heteroatoms. The van der Waals surface area contributed by atoms with Crippen LogP contribution in [0.15, 0.2) is 0 Å². The molecule has 0 aromatic rings. The first-order valence-corrected chi connectivity index (χ1v) is 7.06. The average Bonchev–Trinajstić information content (AvgIpc) is 2.87. The van der Waals surface area contributed by atoms with Crippen LogP contribution in [0.1, 0.15) is 39.5 Å². The first kappa shape index (κ1) is 14.8. The lowest BCUT2D eigenvalue weighted by Crippen LogP contribution is -2.61. The number of hydrogen-bond donors (Lipinski definition) is 1. The summed E-state index contributed by atoms with van der Waals surface area (Å²) in [6.45, 7) is 6.12. The van der Waals surface area contributed by atoms with Gasteiger partial charge in [-0.05, 0) is 33.1 Å². The Labute approximate surface area is 115 Å². The quantitative estimate of drug-likeness (QED) is 0.780. The first-order chi connectivity index (χ1) is 8.97. The van der Waals surface area contributed by atoms with E-state index >= 15 is 0 Å². The summed E-state index contributed by atoms with van der Waals surface area (Å²) in [6, 6.07) is 0. The Balaban J connectivity index is 2.03. The van der Waals surface area contributed by atoms with Crippen molar-refractivity contribution < 1.29 is 19.0 Å². The number of rotatable bonds is 4. The van der Waals surface area contributed by atoms with Gasteiger partial charge in [0.15, 0.2) is 0 Å². The van der Waals surface area contributed by atoms with Crippen LogP contribution < -0.4 is 5.32 Å². The Bertz CT molecular complexity index is 325. The van der Waals surface area contributed by atoms with E-state index in [1.807, 2.05) is 13.8 Å². The van der Waals surface area contributed by atoms with E-state index in [-0.39, 0.29) is 17.7 Å². The Morgan fingerprint density at radius 1 is 1.42 bits per heavy atom. The molecule has 2 saturated heterocycles. The molecule has 0 spiro atoms. The number of carbonyl (C=O) groups excluding carboxylic acids is 1. The lowest BCUT2D eigenvalue weighted by atomic mass is 9.81. The van der Waals surface area contributed by atoms with Crippen molar-refractivity contribution in [2.24, 2.45) is 0 Å². The third-order valence-corrected chi connectivity index (χ3v) is 4.02. The normalized spacial score (nSPS) is 34.2. The fraction of sp³-hybridized carbons (Fsp3) is 0.929. The molecule has 110 valence electrons. The van der Waals surface area contributed by atoms with E-state index in [2.05, 4.69) is 5.32 Å². The molecule has 2 aliphatic rings. The SMILES string of the molecule is COC(=O)C1(NCC2CCCO2)CCOC(C)(C)C1. The molecule has 2 rings (SSSR count). The van der Waals surface area contributed by atoms with Gasteiger partial charge in [0.2, 0.25) is 0 Å². The fourth-order valence-corrected chi connectivity index (χ4v) is 3.07. The zero-order valence-corrected chi connectivity index (χ0v) is 12.2. The van der Waals surface area contributed by atoms with Crippen LogP contribution in [0.4, 0.5) is 0 Å². The lowest BCUT2D eigenvalue weighted by Gasteiger charge is -2.43. The fourth-order valence-electron chi connectivity index (χ4n) is 3.07. The minimum atomic E-state index is -0.636. The number of esters is 1. The van der Waals surface area contributed by atoms with E-state index in [1.165, 1.54) is 7.11 Å². The van der Waals surface area contributed by atoms with Crippen molar-refractivity contribution in [3.63, 3.8) is 0 Å². The second-order valence-corrected chi connectivity index (χ2v) is 6.12. The van der Waals surface area contributed by atoms with Crippen molar-refractivity contribution in [3.05, 3.63) is 0 Å². The van der Waals surface area contributed by atoms with E-state index < -0.39 is 5.54 Å². The smallest absolute Gasteiger partial charge is 0.326 e. The van der Waals surface area contributed by atoms with Crippen LogP contribution >= 0.6 is 0 Å². The van der Waals surface area contributed by atoms with Crippen molar-refractivity contribution >= 4 is 5.97 Å². The number of hydrogen-bond acceptors (Lipinski definition) is 5. The molecule has 5 nitrogen and oxygen atoms in total. The van der Waals surface area contributed by atoms with Gasteiger partial charge >= 0.3 is 5.97 Å². The van der Waals surface area contributed by atoms with Gasteiger partial charge in [-0.15, -0.1) is 0 Å². The third-order valence-electron chi connectivity index (χ3n) is 4.02. The van der Waals surface area contributed by atoms with Gasteiger partial charge in [-0.3, -0.25) is 10.1 Å². The summed E-state index contributed by atoms with van der Waals surface area (Å²) in [6.07, 6.45) is 3.65. The molecule has 0 aliphatic carbocycles. The number of methoxy groups -OCH3 is 1. The summed E-state index contributed by atoms with van der Waals surface area (Å²) in [5, 5.41) is 3.40. The van der Waals surface area contributed by atoms with Crippen molar-refractivity contribution in [1.82, 2.24) is 5.32 Å². The Morgan fingerprint density at radius 2 is 2.21 bits per heavy atom. The molecule has 0 saturated carbocycles. The standard InChI is InChI=1S/C14H25NO4/c1-13(2)10-14(6-8-19-13,12(16)17-3)15-9-11-5-4-7-18-11/h11,15H,4-10H2,1-3H3. The molecular weight excluding hydrogens is 246 g/mol. The Kier molecular flexibility index (Phi) is 4.48. The van der Waals surface area contributed by atoms with Crippen molar-refractivity contribution in [1.29, 1.82) is 0 Å². The highest BCUT2D eigenvalue weighted by molar-refractivity contribution is 5.81. The second-order valence-electron chi connectivity index (χ2n) is 6.12. The molecule has 2 heterocycles. The lowest BCUT2D eigenvalue weighted by molar-refractivity contribution is -0.162. The van der Waals surface area contributed by atoms with E-state index in [1.54, 1.807) is 0 Å². The minimum absolute atomic E-state index is 0.193. The molecule has 0 radical (unpaired) electrons. The van der Waals surface area contributed by atoms with E-state index in [0.717, 1.165) is 19.4 Å².